The van der Waals surface area contributed by atoms with Crippen LogP contribution in [0.1, 0.15) is 26.6 Å². The summed E-state index contributed by atoms with van der Waals surface area (Å²) in [5.74, 6) is 2.18. The molecule has 36 heavy (non-hydrogen) atoms. The quantitative estimate of drug-likeness (QED) is 0.263. The predicted octanol–water partition coefficient (Wildman–Crippen LogP) is 8.48. The van der Waals surface area contributed by atoms with Crippen molar-refractivity contribution >= 4 is 21.5 Å². The van der Waals surface area contributed by atoms with E-state index in [1.165, 1.54) is 27.1 Å². The van der Waals surface area contributed by atoms with Gasteiger partial charge in [-0.3, -0.25) is 0 Å². The predicted molar refractivity (Wildman–Crippen MR) is 150 cm³/mol. The number of benzene rings is 5. The van der Waals surface area contributed by atoms with E-state index in [0.717, 1.165) is 22.5 Å². The van der Waals surface area contributed by atoms with Gasteiger partial charge in [0.05, 0.1) is 0 Å². The Bertz CT molecular complexity index is 1720. The zero-order chi connectivity index (χ0) is 24.7. The van der Waals surface area contributed by atoms with E-state index in [9.17, 15) is 0 Å². The number of aromatic nitrogens is 3. The first kappa shape index (κ1) is 22.1. The lowest BCUT2D eigenvalue weighted by Crippen LogP contribution is -2.18. The Balaban J connectivity index is 1.51. The van der Waals surface area contributed by atoms with Crippen LogP contribution in [0.15, 0.2) is 109 Å². The number of fused-ring (bicyclic) bond motifs is 2. The van der Waals surface area contributed by atoms with E-state index in [2.05, 4.69) is 130 Å². The van der Waals surface area contributed by atoms with Gasteiger partial charge in [-0.15, -0.1) is 0 Å². The van der Waals surface area contributed by atoms with E-state index in [0.29, 0.717) is 11.6 Å². The molecule has 0 bridgehead atoms. The maximum absolute atomic E-state index is 4.97. The minimum absolute atomic E-state index is 0.212. The second kappa shape index (κ2) is 8.69. The van der Waals surface area contributed by atoms with Gasteiger partial charge in [-0.2, -0.15) is 0 Å². The molecule has 0 amide bonds. The fraction of sp³-hybridized carbons (Fsp3) is 0.121. The van der Waals surface area contributed by atoms with Gasteiger partial charge in [0.15, 0.2) is 11.6 Å². The van der Waals surface area contributed by atoms with Crippen LogP contribution in [-0.2, 0) is 5.41 Å². The van der Waals surface area contributed by atoms with Crippen molar-refractivity contribution in [1.82, 2.24) is 15.0 Å². The maximum atomic E-state index is 4.97. The summed E-state index contributed by atoms with van der Waals surface area (Å²) >= 11 is 0. The molecule has 0 radical (unpaired) electrons. The van der Waals surface area contributed by atoms with Gasteiger partial charge >= 0.3 is 0 Å². The molecule has 0 unspecified atom stereocenters. The SMILES string of the molecule is CC(C)(C)c1nc(-c2cccc(-c3cccc4ccccc34)c2)nc(-c2ccc3ccccc3c2)n1. The van der Waals surface area contributed by atoms with Crippen molar-refractivity contribution in [2.75, 3.05) is 0 Å². The van der Waals surface area contributed by atoms with Crippen LogP contribution in [-0.4, -0.2) is 15.0 Å². The standard InChI is InChI=1S/C33H27N3/c1-33(2,3)32-35-30(34-31(36-32)27-19-18-22-10-4-5-12-24(22)20-27)26-15-8-14-25(21-26)29-17-9-13-23-11-6-7-16-28(23)29/h4-21H,1-3H3. The maximum Gasteiger partial charge on any atom is 0.163 e. The highest BCUT2D eigenvalue weighted by Gasteiger charge is 2.21. The van der Waals surface area contributed by atoms with Gasteiger partial charge in [-0.25, -0.2) is 15.0 Å². The van der Waals surface area contributed by atoms with Gasteiger partial charge in [0.25, 0.3) is 0 Å². The van der Waals surface area contributed by atoms with E-state index in [1.807, 2.05) is 0 Å². The van der Waals surface area contributed by atoms with Crippen LogP contribution in [0.4, 0.5) is 0 Å². The van der Waals surface area contributed by atoms with Gasteiger partial charge in [0.2, 0.25) is 0 Å². The normalized spacial score (nSPS) is 11.8. The fourth-order valence-electron chi connectivity index (χ4n) is 4.60. The first-order valence-corrected chi connectivity index (χ1v) is 12.3. The van der Waals surface area contributed by atoms with E-state index >= 15 is 0 Å². The van der Waals surface area contributed by atoms with Crippen LogP contribution in [0.5, 0.6) is 0 Å². The average molecular weight is 466 g/mol. The molecule has 3 nitrogen and oxygen atoms in total. The van der Waals surface area contributed by atoms with Crippen molar-refractivity contribution in [1.29, 1.82) is 0 Å². The lowest BCUT2D eigenvalue weighted by Gasteiger charge is -2.18. The molecule has 5 aromatic carbocycles. The minimum Gasteiger partial charge on any atom is -0.212 e. The zero-order valence-corrected chi connectivity index (χ0v) is 20.7. The molecular formula is C33H27N3. The Kier molecular flexibility index (Phi) is 5.34. The molecule has 0 aliphatic heterocycles. The highest BCUT2D eigenvalue weighted by molar-refractivity contribution is 5.97. The molecule has 0 fully saturated rings. The lowest BCUT2D eigenvalue weighted by molar-refractivity contribution is 0.543. The Hall–Kier alpha value is -4.37. The summed E-state index contributed by atoms with van der Waals surface area (Å²) in [5.41, 5.74) is 4.11. The molecule has 6 aromatic rings. The van der Waals surface area contributed by atoms with Crippen LogP contribution in [0.3, 0.4) is 0 Å². The zero-order valence-electron chi connectivity index (χ0n) is 20.7. The highest BCUT2D eigenvalue weighted by atomic mass is 15.0. The van der Waals surface area contributed by atoms with Gasteiger partial charge in [-0.05, 0) is 44.8 Å². The molecular weight excluding hydrogens is 438 g/mol. The van der Waals surface area contributed by atoms with Gasteiger partial charge in [0.1, 0.15) is 5.82 Å². The van der Waals surface area contributed by atoms with E-state index in [-0.39, 0.29) is 5.41 Å². The second-order valence-corrected chi connectivity index (χ2v) is 10.2. The monoisotopic (exact) mass is 465 g/mol. The third kappa shape index (κ3) is 4.14. The molecule has 0 saturated carbocycles. The van der Waals surface area contributed by atoms with Crippen molar-refractivity contribution in [3.8, 4) is 33.9 Å². The van der Waals surface area contributed by atoms with Crippen LogP contribution in [0.2, 0.25) is 0 Å². The van der Waals surface area contributed by atoms with E-state index < -0.39 is 0 Å². The van der Waals surface area contributed by atoms with Gasteiger partial charge < -0.3 is 0 Å². The van der Waals surface area contributed by atoms with Gasteiger partial charge in [-0.1, -0.05) is 118 Å². The summed E-state index contributed by atoms with van der Waals surface area (Å²) in [6.07, 6.45) is 0. The van der Waals surface area contributed by atoms with Crippen molar-refractivity contribution in [3.63, 3.8) is 0 Å². The molecule has 0 aliphatic carbocycles. The molecule has 0 atom stereocenters. The molecule has 0 saturated heterocycles. The Morgan fingerprint density at radius 1 is 0.472 bits per heavy atom. The largest absolute Gasteiger partial charge is 0.212 e. The summed E-state index contributed by atoms with van der Waals surface area (Å²) in [6.45, 7) is 6.43. The van der Waals surface area contributed by atoms with Crippen LogP contribution >= 0.6 is 0 Å². The summed E-state index contributed by atoms with van der Waals surface area (Å²) in [6, 6.07) is 38.2. The number of nitrogens with zero attached hydrogens (tertiary/aromatic N) is 3. The molecule has 0 spiro atoms. The van der Waals surface area contributed by atoms with Crippen molar-refractivity contribution < 1.29 is 0 Å². The molecule has 0 aliphatic rings. The van der Waals surface area contributed by atoms with Crippen LogP contribution in [0.25, 0.3) is 55.4 Å². The summed E-state index contributed by atoms with van der Waals surface area (Å²) < 4.78 is 0. The Morgan fingerprint density at radius 2 is 1.08 bits per heavy atom. The Morgan fingerprint density at radius 3 is 1.86 bits per heavy atom. The number of rotatable bonds is 3. The first-order valence-electron chi connectivity index (χ1n) is 12.3. The summed E-state index contributed by atoms with van der Waals surface area (Å²) in [7, 11) is 0. The van der Waals surface area contributed by atoms with Crippen molar-refractivity contribution in [2.45, 2.75) is 26.2 Å². The topological polar surface area (TPSA) is 38.7 Å². The van der Waals surface area contributed by atoms with E-state index in [1.54, 1.807) is 0 Å². The molecule has 174 valence electrons. The number of hydrogen-bond donors (Lipinski definition) is 0. The molecule has 3 heteroatoms. The van der Waals surface area contributed by atoms with Crippen molar-refractivity contribution in [2.24, 2.45) is 0 Å². The third-order valence-electron chi connectivity index (χ3n) is 6.54. The first-order chi connectivity index (χ1) is 17.5. The van der Waals surface area contributed by atoms with Crippen molar-refractivity contribution in [3.05, 3.63) is 115 Å². The third-order valence-corrected chi connectivity index (χ3v) is 6.54. The fourth-order valence-corrected chi connectivity index (χ4v) is 4.60. The number of hydrogen-bond acceptors (Lipinski definition) is 3. The molecule has 1 aromatic heterocycles. The summed E-state index contributed by atoms with van der Waals surface area (Å²) in [4.78, 5) is 14.8. The van der Waals surface area contributed by atoms with Crippen LogP contribution in [0, 0.1) is 0 Å². The Labute approximate surface area is 211 Å². The molecule has 1 heterocycles. The lowest BCUT2D eigenvalue weighted by atomic mass is 9.95. The summed E-state index contributed by atoms with van der Waals surface area (Å²) in [5, 5.41) is 4.84. The highest BCUT2D eigenvalue weighted by Crippen LogP contribution is 2.32. The molecule has 0 N–H and O–H groups in total. The van der Waals surface area contributed by atoms with Gasteiger partial charge in [0, 0.05) is 16.5 Å². The second-order valence-electron chi connectivity index (χ2n) is 10.2. The van der Waals surface area contributed by atoms with E-state index in [4.69, 9.17) is 15.0 Å². The molecule has 6 rings (SSSR count). The van der Waals surface area contributed by atoms with Crippen LogP contribution < -0.4 is 0 Å². The minimum atomic E-state index is -0.212. The average Bonchev–Trinajstić information content (AvgIpc) is 2.92. The smallest absolute Gasteiger partial charge is 0.163 e.